The molecule has 0 unspecified atom stereocenters. The Hall–Kier alpha value is -3.48. The molecule has 4 rings (SSSR count). The predicted octanol–water partition coefficient (Wildman–Crippen LogP) is 4.74. The first-order chi connectivity index (χ1) is 15.9. The van der Waals surface area contributed by atoms with Crippen molar-refractivity contribution >= 4 is 26.7 Å². The van der Waals surface area contributed by atoms with Crippen LogP contribution in [0.3, 0.4) is 0 Å². The molecule has 0 aliphatic carbocycles. The van der Waals surface area contributed by atoms with Crippen molar-refractivity contribution in [3.63, 3.8) is 0 Å². The van der Waals surface area contributed by atoms with Crippen molar-refractivity contribution < 1.29 is 13.2 Å². The van der Waals surface area contributed by atoms with Crippen LogP contribution in [0, 0.1) is 0 Å². The largest absolute Gasteiger partial charge is 0.333 e. The number of fused-ring (bicyclic) bond motifs is 1. The molecule has 4 aromatic carbocycles. The summed E-state index contributed by atoms with van der Waals surface area (Å²) in [6, 6.07) is 31.0. The maximum absolute atomic E-state index is 13.4. The highest BCUT2D eigenvalue weighted by atomic mass is 32.2. The second-order valence-corrected chi connectivity index (χ2v) is 9.73. The Morgan fingerprint density at radius 2 is 1.27 bits per heavy atom. The molecule has 1 amide bonds. The van der Waals surface area contributed by atoms with Gasteiger partial charge in [0, 0.05) is 13.1 Å². The van der Waals surface area contributed by atoms with E-state index in [-0.39, 0.29) is 10.8 Å². The third kappa shape index (κ3) is 5.66. The standard InChI is InChI=1S/C27H26N2O3S/c1-21(28-33(31,32)26-17-16-24-14-8-9-15-25(24)18-26)27(30)29(19-22-10-4-2-5-11-22)20-23-12-6-3-7-13-23/h2-18,21,28H,19-20H2,1H3/t21-/m0/s1. The Morgan fingerprint density at radius 1 is 0.758 bits per heavy atom. The van der Waals surface area contributed by atoms with E-state index in [2.05, 4.69) is 4.72 Å². The van der Waals surface area contributed by atoms with Crippen LogP contribution in [0.1, 0.15) is 18.1 Å². The molecular weight excluding hydrogens is 432 g/mol. The van der Waals surface area contributed by atoms with Gasteiger partial charge in [-0.05, 0) is 41.0 Å². The van der Waals surface area contributed by atoms with Gasteiger partial charge in [0.05, 0.1) is 10.9 Å². The molecule has 0 aromatic heterocycles. The van der Waals surface area contributed by atoms with Crippen molar-refractivity contribution in [1.29, 1.82) is 0 Å². The lowest BCUT2D eigenvalue weighted by atomic mass is 10.1. The van der Waals surface area contributed by atoms with E-state index in [1.54, 1.807) is 30.0 Å². The number of amides is 1. The van der Waals surface area contributed by atoms with E-state index in [1.165, 1.54) is 0 Å². The molecule has 0 bridgehead atoms. The van der Waals surface area contributed by atoms with Crippen molar-refractivity contribution in [2.75, 3.05) is 0 Å². The molecule has 1 N–H and O–H groups in total. The normalized spacial score (nSPS) is 12.4. The highest BCUT2D eigenvalue weighted by Crippen LogP contribution is 2.20. The van der Waals surface area contributed by atoms with Gasteiger partial charge in [-0.15, -0.1) is 0 Å². The van der Waals surface area contributed by atoms with Gasteiger partial charge in [0.1, 0.15) is 0 Å². The van der Waals surface area contributed by atoms with Gasteiger partial charge in [-0.2, -0.15) is 4.72 Å². The Labute approximate surface area is 194 Å². The molecule has 0 heterocycles. The van der Waals surface area contributed by atoms with Crippen molar-refractivity contribution in [2.45, 2.75) is 31.0 Å². The molecule has 0 aliphatic heterocycles. The van der Waals surface area contributed by atoms with Crippen LogP contribution in [0.15, 0.2) is 108 Å². The number of hydrogen-bond acceptors (Lipinski definition) is 3. The number of benzene rings is 4. The zero-order valence-electron chi connectivity index (χ0n) is 18.4. The molecule has 1 atom stereocenters. The lowest BCUT2D eigenvalue weighted by molar-refractivity contribution is -0.133. The second kappa shape index (κ2) is 9.98. The molecule has 168 valence electrons. The summed E-state index contributed by atoms with van der Waals surface area (Å²) < 4.78 is 28.7. The van der Waals surface area contributed by atoms with Gasteiger partial charge in [-0.25, -0.2) is 8.42 Å². The SMILES string of the molecule is C[C@H](NS(=O)(=O)c1ccc2ccccc2c1)C(=O)N(Cc1ccccc1)Cc1ccccc1. The fraction of sp³-hybridized carbons (Fsp3) is 0.148. The molecule has 0 spiro atoms. The van der Waals surface area contributed by atoms with E-state index in [9.17, 15) is 13.2 Å². The van der Waals surface area contributed by atoms with E-state index >= 15 is 0 Å². The van der Waals surface area contributed by atoms with Crippen molar-refractivity contribution in [2.24, 2.45) is 0 Å². The Morgan fingerprint density at radius 3 is 1.85 bits per heavy atom. The predicted molar refractivity (Wildman–Crippen MR) is 131 cm³/mol. The van der Waals surface area contributed by atoms with Gasteiger partial charge in [-0.1, -0.05) is 91.0 Å². The van der Waals surface area contributed by atoms with Crippen LogP contribution in [0.25, 0.3) is 10.8 Å². The zero-order chi connectivity index (χ0) is 23.3. The number of rotatable bonds is 8. The first kappa shape index (κ1) is 22.7. The number of nitrogens with zero attached hydrogens (tertiary/aromatic N) is 1. The van der Waals surface area contributed by atoms with Gasteiger partial charge in [0.15, 0.2) is 0 Å². The van der Waals surface area contributed by atoms with E-state index in [0.29, 0.717) is 13.1 Å². The van der Waals surface area contributed by atoms with E-state index in [0.717, 1.165) is 21.9 Å². The zero-order valence-corrected chi connectivity index (χ0v) is 19.2. The quantitative estimate of drug-likeness (QED) is 0.415. The molecule has 0 aliphatic rings. The number of hydrogen-bond donors (Lipinski definition) is 1. The molecule has 0 saturated heterocycles. The topological polar surface area (TPSA) is 66.5 Å². The molecule has 5 nitrogen and oxygen atoms in total. The van der Waals surface area contributed by atoms with Crippen molar-refractivity contribution in [1.82, 2.24) is 9.62 Å². The number of carbonyl (C=O) groups is 1. The van der Waals surface area contributed by atoms with Gasteiger partial charge in [0.2, 0.25) is 15.9 Å². The summed E-state index contributed by atoms with van der Waals surface area (Å²) in [7, 11) is -3.87. The number of sulfonamides is 1. The maximum Gasteiger partial charge on any atom is 0.241 e. The monoisotopic (exact) mass is 458 g/mol. The lowest BCUT2D eigenvalue weighted by Gasteiger charge is -2.26. The summed E-state index contributed by atoms with van der Waals surface area (Å²) in [5, 5.41) is 1.78. The Bertz CT molecular complexity index is 1300. The van der Waals surface area contributed by atoms with Gasteiger partial charge < -0.3 is 4.90 Å². The summed E-state index contributed by atoms with van der Waals surface area (Å²) in [6.45, 7) is 2.36. The maximum atomic E-state index is 13.4. The fourth-order valence-electron chi connectivity index (χ4n) is 3.78. The van der Waals surface area contributed by atoms with Crippen LogP contribution in [-0.2, 0) is 27.9 Å². The lowest BCUT2D eigenvalue weighted by Crippen LogP contribution is -2.46. The number of carbonyl (C=O) groups excluding carboxylic acids is 1. The third-order valence-corrected chi connectivity index (χ3v) is 7.02. The molecule has 33 heavy (non-hydrogen) atoms. The summed E-state index contributed by atoms with van der Waals surface area (Å²) in [5.74, 6) is -0.285. The minimum atomic E-state index is -3.87. The first-order valence-corrected chi connectivity index (χ1v) is 12.3. The minimum absolute atomic E-state index is 0.138. The molecule has 0 radical (unpaired) electrons. The minimum Gasteiger partial charge on any atom is -0.333 e. The van der Waals surface area contributed by atoms with Gasteiger partial charge >= 0.3 is 0 Å². The highest BCUT2D eigenvalue weighted by Gasteiger charge is 2.26. The third-order valence-electron chi connectivity index (χ3n) is 5.48. The molecule has 6 heteroatoms. The fourth-order valence-corrected chi connectivity index (χ4v) is 5.01. The second-order valence-electron chi connectivity index (χ2n) is 8.02. The first-order valence-electron chi connectivity index (χ1n) is 10.8. The molecular formula is C27H26N2O3S. The van der Waals surface area contributed by atoms with Crippen LogP contribution in [0.5, 0.6) is 0 Å². The van der Waals surface area contributed by atoms with E-state index in [1.807, 2.05) is 84.9 Å². The smallest absolute Gasteiger partial charge is 0.241 e. The van der Waals surface area contributed by atoms with E-state index in [4.69, 9.17) is 0 Å². The summed E-state index contributed by atoms with van der Waals surface area (Å²) in [6.07, 6.45) is 0. The van der Waals surface area contributed by atoms with Crippen molar-refractivity contribution in [3.05, 3.63) is 114 Å². The number of nitrogens with one attached hydrogen (secondary N) is 1. The van der Waals surface area contributed by atoms with Crippen LogP contribution in [-0.4, -0.2) is 25.3 Å². The van der Waals surface area contributed by atoms with Crippen LogP contribution >= 0.6 is 0 Å². The molecule has 0 saturated carbocycles. The van der Waals surface area contributed by atoms with Crippen molar-refractivity contribution in [3.8, 4) is 0 Å². The Kier molecular flexibility index (Phi) is 6.87. The van der Waals surface area contributed by atoms with Gasteiger partial charge in [-0.3, -0.25) is 4.79 Å². The van der Waals surface area contributed by atoms with Crippen LogP contribution in [0.2, 0.25) is 0 Å². The molecule has 4 aromatic rings. The Balaban J connectivity index is 1.55. The highest BCUT2D eigenvalue weighted by molar-refractivity contribution is 7.89. The summed E-state index contributed by atoms with van der Waals surface area (Å²) in [5.41, 5.74) is 1.96. The molecule has 0 fully saturated rings. The van der Waals surface area contributed by atoms with Gasteiger partial charge in [0.25, 0.3) is 0 Å². The summed E-state index contributed by atoms with van der Waals surface area (Å²) in [4.78, 5) is 15.2. The van der Waals surface area contributed by atoms with E-state index < -0.39 is 16.1 Å². The average Bonchev–Trinajstić information content (AvgIpc) is 2.84. The van der Waals surface area contributed by atoms with Crippen LogP contribution in [0.4, 0.5) is 0 Å². The average molecular weight is 459 g/mol. The van der Waals surface area contributed by atoms with Crippen LogP contribution < -0.4 is 4.72 Å². The summed E-state index contributed by atoms with van der Waals surface area (Å²) >= 11 is 0.